The molecule has 2 heterocycles. The van der Waals surface area contributed by atoms with Crippen LogP contribution in [0.3, 0.4) is 0 Å². The second-order valence-corrected chi connectivity index (χ2v) is 11.6. The second kappa shape index (κ2) is 11.8. The van der Waals surface area contributed by atoms with Gasteiger partial charge in [0.05, 0.1) is 6.61 Å². The zero-order chi connectivity index (χ0) is 28.4. The van der Waals surface area contributed by atoms with Gasteiger partial charge in [-0.2, -0.15) is 0 Å². The van der Waals surface area contributed by atoms with E-state index in [1.54, 1.807) is 43.4 Å². The molecule has 0 aliphatic heterocycles. The number of benzene rings is 3. The van der Waals surface area contributed by atoms with Gasteiger partial charge in [-0.3, -0.25) is 4.21 Å². The van der Waals surface area contributed by atoms with E-state index in [9.17, 15) is 13.6 Å². The number of ether oxygens (including phenoxy) is 1. The average Bonchev–Trinajstić information content (AvgIpc) is 3.53. The molecule has 8 heteroatoms. The van der Waals surface area contributed by atoms with Crippen molar-refractivity contribution in [1.82, 2.24) is 0 Å². The third kappa shape index (κ3) is 5.75. The van der Waals surface area contributed by atoms with E-state index >= 15 is 0 Å². The molecule has 0 radical (unpaired) electrons. The average molecular weight is 573 g/mol. The topological polar surface area (TPSA) is 82.8 Å². The predicted octanol–water partition coefficient (Wildman–Crippen LogP) is 7.70. The van der Waals surface area contributed by atoms with Crippen molar-refractivity contribution in [2.75, 3.05) is 17.5 Å². The lowest BCUT2D eigenvalue weighted by atomic mass is 9.90. The molecule has 0 amide bonds. The van der Waals surface area contributed by atoms with Gasteiger partial charge in [-0.05, 0) is 79.6 Å². The highest BCUT2D eigenvalue weighted by Crippen LogP contribution is 2.34. The van der Waals surface area contributed by atoms with Gasteiger partial charge in [-0.1, -0.05) is 54.1 Å². The lowest BCUT2D eigenvalue weighted by Crippen LogP contribution is -2.31. The third-order valence-electron chi connectivity index (χ3n) is 7.00. The number of carbonyl (C=O) groups excluding carboxylic acids is 1. The van der Waals surface area contributed by atoms with Crippen molar-refractivity contribution in [1.29, 1.82) is 0 Å². The van der Waals surface area contributed by atoms with Gasteiger partial charge in [0.15, 0.2) is 0 Å². The number of anilines is 1. The minimum atomic E-state index is -2.55. The standard InChI is InChI=1S/C32H31NO5S2/c1-5-37-32(34)31-22(4)27-17-26(14-15-29(27)38-31)33(40(35)36)18-28(23-8-6-20(2)7-9-23)24-10-12-25(13-11-24)30-16-21(3)19-39-30/h6-17,19,28H,5,18H2,1-4H3,(H,35,36)/p-1. The fourth-order valence-corrected chi connectivity index (χ4v) is 6.30. The predicted molar refractivity (Wildman–Crippen MR) is 161 cm³/mol. The van der Waals surface area contributed by atoms with Crippen LogP contribution in [-0.4, -0.2) is 27.9 Å². The first-order valence-corrected chi connectivity index (χ1v) is 15.0. The summed E-state index contributed by atoms with van der Waals surface area (Å²) in [5.74, 6) is -0.626. The van der Waals surface area contributed by atoms with Crippen molar-refractivity contribution >= 4 is 45.2 Å². The first kappa shape index (κ1) is 27.8. The highest BCUT2D eigenvalue weighted by atomic mass is 32.2. The van der Waals surface area contributed by atoms with Crippen molar-refractivity contribution in [3.8, 4) is 10.4 Å². The fraction of sp³-hybridized carbons (Fsp3) is 0.219. The van der Waals surface area contributed by atoms with Gasteiger partial charge in [0, 0.05) is 45.2 Å². The number of hydrogen-bond acceptors (Lipinski definition) is 6. The Kier molecular flexibility index (Phi) is 8.21. The van der Waals surface area contributed by atoms with Crippen LogP contribution in [0, 0.1) is 20.8 Å². The maximum atomic E-state index is 12.6. The number of rotatable bonds is 9. The number of carbonyl (C=O) groups is 1. The molecule has 3 aromatic carbocycles. The fourth-order valence-electron chi connectivity index (χ4n) is 4.84. The van der Waals surface area contributed by atoms with E-state index < -0.39 is 17.2 Å². The molecule has 6 nitrogen and oxygen atoms in total. The lowest BCUT2D eigenvalue weighted by Gasteiger charge is -2.31. The van der Waals surface area contributed by atoms with Gasteiger partial charge in [-0.15, -0.1) is 11.3 Å². The summed E-state index contributed by atoms with van der Waals surface area (Å²) in [6.07, 6.45) is 0. The van der Waals surface area contributed by atoms with Crippen LogP contribution in [0.25, 0.3) is 21.4 Å². The highest BCUT2D eigenvalue weighted by molar-refractivity contribution is 7.80. The van der Waals surface area contributed by atoms with Crippen molar-refractivity contribution < 1.29 is 22.7 Å². The van der Waals surface area contributed by atoms with E-state index in [0.717, 1.165) is 22.3 Å². The van der Waals surface area contributed by atoms with Crippen LogP contribution in [-0.2, 0) is 16.0 Å². The molecule has 0 N–H and O–H groups in total. The zero-order valence-corrected chi connectivity index (χ0v) is 24.4. The molecule has 5 aromatic rings. The molecule has 0 fully saturated rings. The maximum absolute atomic E-state index is 12.6. The number of hydrogen-bond donors (Lipinski definition) is 0. The van der Waals surface area contributed by atoms with Crippen LogP contribution in [0.5, 0.6) is 0 Å². The molecule has 40 heavy (non-hydrogen) atoms. The molecule has 5 rings (SSSR count). The molecule has 2 atom stereocenters. The van der Waals surface area contributed by atoms with Gasteiger partial charge in [0.1, 0.15) is 5.58 Å². The van der Waals surface area contributed by atoms with Crippen LogP contribution < -0.4 is 4.31 Å². The van der Waals surface area contributed by atoms with E-state index in [0.29, 0.717) is 22.2 Å². The highest BCUT2D eigenvalue weighted by Gasteiger charge is 2.23. The number of thiophene rings is 1. The quantitative estimate of drug-likeness (QED) is 0.134. The Balaban J connectivity index is 1.52. The van der Waals surface area contributed by atoms with Crippen LogP contribution in [0.4, 0.5) is 5.69 Å². The molecule has 0 saturated carbocycles. The van der Waals surface area contributed by atoms with Crippen LogP contribution in [0.1, 0.15) is 51.2 Å². The van der Waals surface area contributed by atoms with Crippen molar-refractivity contribution in [2.45, 2.75) is 33.6 Å². The van der Waals surface area contributed by atoms with Crippen molar-refractivity contribution in [3.63, 3.8) is 0 Å². The van der Waals surface area contributed by atoms with Gasteiger partial charge in [-0.25, -0.2) is 4.79 Å². The van der Waals surface area contributed by atoms with Crippen LogP contribution in [0.15, 0.2) is 82.6 Å². The first-order valence-electron chi connectivity index (χ1n) is 13.0. The molecule has 0 saturated heterocycles. The Hall–Kier alpha value is -3.72. The molecule has 206 valence electrons. The number of fused-ring (bicyclic) bond motifs is 1. The van der Waals surface area contributed by atoms with Gasteiger partial charge < -0.3 is 18.0 Å². The minimum absolute atomic E-state index is 0.127. The summed E-state index contributed by atoms with van der Waals surface area (Å²) in [5, 5.41) is 2.80. The first-order chi connectivity index (χ1) is 19.2. The Morgan fingerprint density at radius 2 is 1.65 bits per heavy atom. The number of nitrogens with zero attached hydrogens (tertiary/aromatic N) is 1. The molecule has 2 unspecified atom stereocenters. The molecule has 0 aliphatic carbocycles. The maximum Gasteiger partial charge on any atom is 0.374 e. The Bertz CT molecular complexity index is 1670. The van der Waals surface area contributed by atoms with Crippen molar-refractivity contribution in [2.24, 2.45) is 0 Å². The van der Waals surface area contributed by atoms with E-state index in [-0.39, 0.29) is 24.8 Å². The summed E-state index contributed by atoms with van der Waals surface area (Å²) in [6, 6.07) is 23.9. The van der Waals surface area contributed by atoms with Gasteiger partial charge in [0.2, 0.25) is 5.76 Å². The van der Waals surface area contributed by atoms with Gasteiger partial charge >= 0.3 is 5.97 Å². The molecule has 0 bridgehead atoms. The Morgan fingerprint density at radius 1 is 0.975 bits per heavy atom. The molecule has 0 spiro atoms. The largest absolute Gasteiger partial charge is 0.755 e. The number of furan rings is 1. The normalized spacial score (nSPS) is 12.8. The Labute approximate surface area is 240 Å². The number of esters is 1. The third-order valence-corrected chi connectivity index (χ3v) is 8.82. The molecular weight excluding hydrogens is 542 g/mol. The van der Waals surface area contributed by atoms with Gasteiger partial charge in [0.25, 0.3) is 0 Å². The van der Waals surface area contributed by atoms with Crippen LogP contribution >= 0.6 is 11.3 Å². The van der Waals surface area contributed by atoms with E-state index in [1.807, 2.05) is 19.1 Å². The summed E-state index contributed by atoms with van der Waals surface area (Å²) in [7, 11) is 0. The Morgan fingerprint density at radius 3 is 2.25 bits per heavy atom. The SMILES string of the molecule is CCOC(=O)c1oc2ccc(N(CC(c3ccc(C)cc3)c3ccc(-c4cc(C)cs4)cc3)S(=O)[O-])cc2c1C. The monoisotopic (exact) mass is 572 g/mol. The van der Waals surface area contributed by atoms with E-state index in [2.05, 4.69) is 54.8 Å². The number of aryl methyl sites for hydroxylation is 3. The molecular formula is C32H30NO5S2-. The van der Waals surface area contributed by atoms with Crippen molar-refractivity contribution in [3.05, 3.63) is 112 Å². The van der Waals surface area contributed by atoms with E-state index in [1.165, 1.54) is 14.7 Å². The summed E-state index contributed by atoms with van der Waals surface area (Å²) in [4.78, 5) is 13.5. The van der Waals surface area contributed by atoms with E-state index in [4.69, 9.17) is 9.15 Å². The second-order valence-electron chi connectivity index (χ2n) is 9.81. The zero-order valence-electron chi connectivity index (χ0n) is 22.8. The summed E-state index contributed by atoms with van der Waals surface area (Å²) < 4.78 is 37.5. The molecule has 0 aliphatic rings. The smallest absolute Gasteiger partial charge is 0.374 e. The summed E-state index contributed by atoms with van der Waals surface area (Å²) in [5.41, 5.74) is 7.13. The lowest BCUT2D eigenvalue weighted by molar-refractivity contribution is 0.0491. The summed E-state index contributed by atoms with van der Waals surface area (Å²) in [6.45, 7) is 8.05. The minimum Gasteiger partial charge on any atom is -0.755 e. The molecule has 2 aromatic heterocycles. The van der Waals surface area contributed by atoms with Crippen LogP contribution in [0.2, 0.25) is 0 Å². The summed E-state index contributed by atoms with van der Waals surface area (Å²) >= 11 is -0.842.